The van der Waals surface area contributed by atoms with Crippen LogP contribution in [0.3, 0.4) is 0 Å². The van der Waals surface area contributed by atoms with Crippen LogP contribution in [0.5, 0.6) is 0 Å². The van der Waals surface area contributed by atoms with Crippen molar-refractivity contribution in [2.75, 3.05) is 0 Å². The van der Waals surface area contributed by atoms with Crippen LogP contribution in [0.2, 0.25) is 4.34 Å². The van der Waals surface area contributed by atoms with Gasteiger partial charge in [-0.25, -0.2) is 0 Å². The summed E-state index contributed by atoms with van der Waals surface area (Å²) >= 11 is 7.39. The van der Waals surface area contributed by atoms with E-state index in [1.807, 2.05) is 12.1 Å². The van der Waals surface area contributed by atoms with Crippen molar-refractivity contribution < 1.29 is 4.79 Å². The lowest BCUT2D eigenvalue weighted by Crippen LogP contribution is -2.09. The molecule has 3 heteroatoms. The average molecular weight is 271 g/mol. The van der Waals surface area contributed by atoms with E-state index in [0.29, 0.717) is 18.1 Å². The largest absolute Gasteiger partial charge is 0.299 e. The number of thiophene rings is 1. The zero-order valence-corrected chi connectivity index (χ0v) is 11.7. The molecule has 0 radical (unpaired) electrons. The zero-order chi connectivity index (χ0) is 12.1. The smallest absolute Gasteiger partial charge is 0.138 e. The van der Waals surface area contributed by atoms with Gasteiger partial charge in [0.1, 0.15) is 5.78 Å². The van der Waals surface area contributed by atoms with E-state index in [9.17, 15) is 4.79 Å². The highest BCUT2D eigenvalue weighted by atomic mass is 35.5. The Hall–Kier alpha value is -0.340. The van der Waals surface area contributed by atoms with Crippen LogP contribution >= 0.6 is 22.9 Å². The molecule has 1 nitrogen and oxygen atoms in total. The molecule has 0 aromatic carbocycles. The Morgan fingerprint density at radius 2 is 1.94 bits per heavy atom. The Kier molecular flexibility index (Phi) is 5.05. The molecule has 0 aliphatic heterocycles. The Bertz CT molecular complexity index is 364. The average Bonchev–Trinajstić information content (AvgIpc) is 2.53. The maximum Gasteiger partial charge on any atom is 0.138 e. The van der Waals surface area contributed by atoms with Crippen molar-refractivity contribution in [1.29, 1.82) is 0 Å². The van der Waals surface area contributed by atoms with Gasteiger partial charge in [0.15, 0.2) is 0 Å². The number of halogens is 1. The molecule has 1 aromatic heterocycles. The molecule has 1 aliphatic rings. The van der Waals surface area contributed by atoms with Crippen LogP contribution in [-0.2, 0) is 11.2 Å². The van der Waals surface area contributed by atoms with E-state index in [1.54, 1.807) is 0 Å². The standard InChI is InChI=1S/C14H19ClOS/c15-14-8-7-13(17-14)10-12(16)9-11-5-3-1-2-4-6-11/h7-8,11H,1-6,9-10H2. The summed E-state index contributed by atoms with van der Waals surface area (Å²) in [6.07, 6.45) is 9.17. The fraction of sp³-hybridized carbons (Fsp3) is 0.643. The van der Waals surface area contributed by atoms with Gasteiger partial charge in [0, 0.05) is 17.7 Å². The molecular formula is C14H19ClOS. The Labute approximate surface area is 112 Å². The van der Waals surface area contributed by atoms with Gasteiger partial charge in [-0.05, 0) is 18.1 Å². The van der Waals surface area contributed by atoms with Crippen molar-refractivity contribution >= 4 is 28.7 Å². The molecule has 1 aliphatic carbocycles. The Morgan fingerprint density at radius 1 is 1.24 bits per heavy atom. The van der Waals surface area contributed by atoms with Crippen LogP contribution < -0.4 is 0 Å². The van der Waals surface area contributed by atoms with Crippen LogP contribution in [0.1, 0.15) is 49.8 Å². The summed E-state index contributed by atoms with van der Waals surface area (Å²) < 4.78 is 0.780. The first kappa shape index (κ1) is 13.1. The third-order valence-corrected chi connectivity index (χ3v) is 4.72. The maximum absolute atomic E-state index is 12.0. The van der Waals surface area contributed by atoms with E-state index in [1.165, 1.54) is 49.9 Å². The number of carbonyl (C=O) groups is 1. The van der Waals surface area contributed by atoms with Crippen molar-refractivity contribution in [2.45, 2.75) is 51.4 Å². The van der Waals surface area contributed by atoms with Gasteiger partial charge in [-0.3, -0.25) is 4.79 Å². The van der Waals surface area contributed by atoms with E-state index in [0.717, 1.165) is 15.6 Å². The molecule has 0 unspecified atom stereocenters. The minimum atomic E-state index is 0.385. The summed E-state index contributed by atoms with van der Waals surface area (Å²) in [5.41, 5.74) is 0. The van der Waals surface area contributed by atoms with Crippen LogP contribution in [0.25, 0.3) is 0 Å². The van der Waals surface area contributed by atoms with E-state index in [2.05, 4.69) is 0 Å². The molecule has 0 N–H and O–H groups in total. The van der Waals surface area contributed by atoms with E-state index >= 15 is 0 Å². The fourth-order valence-corrected chi connectivity index (χ4v) is 3.72. The number of ketones is 1. The van der Waals surface area contributed by atoms with E-state index < -0.39 is 0 Å². The first-order valence-corrected chi connectivity index (χ1v) is 7.69. The molecule has 1 aromatic rings. The summed E-state index contributed by atoms with van der Waals surface area (Å²) in [6.45, 7) is 0. The summed E-state index contributed by atoms with van der Waals surface area (Å²) in [4.78, 5) is 13.1. The first-order chi connectivity index (χ1) is 8.24. The van der Waals surface area contributed by atoms with Gasteiger partial charge >= 0.3 is 0 Å². The summed E-state index contributed by atoms with van der Waals surface area (Å²) in [5.74, 6) is 1.02. The molecule has 1 saturated carbocycles. The van der Waals surface area contributed by atoms with Crippen molar-refractivity contribution in [3.63, 3.8) is 0 Å². The molecular weight excluding hydrogens is 252 g/mol. The van der Waals surface area contributed by atoms with Crippen molar-refractivity contribution in [3.8, 4) is 0 Å². The highest BCUT2D eigenvalue weighted by Crippen LogP contribution is 2.27. The SMILES string of the molecule is O=C(Cc1ccc(Cl)s1)CC1CCCCCC1. The molecule has 1 fully saturated rings. The Balaban J connectivity index is 1.80. The van der Waals surface area contributed by atoms with Crippen LogP contribution in [-0.4, -0.2) is 5.78 Å². The van der Waals surface area contributed by atoms with Gasteiger partial charge in [-0.1, -0.05) is 50.1 Å². The van der Waals surface area contributed by atoms with Gasteiger partial charge in [0.05, 0.1) is 4.34 Å². The van der Waals surface area contributed by atoms with Crippen LogP contribution in [0.4, 0.5) is 0 Å². The van der Waals surface area contributed by atoms with Crippen LogP contribution in [0, 0.1) is 5.92 Å². The number of rotatable bonds is 4. The quantitative estimate of drug-likeness (QED) is 0.713. The van der Waals surface area contributed by atoms with Gasteiger partial charge in [0.2, 0.25) is 0 Å². The summed E-state index contributed by atoms with van der Waals surface area (Å²) in [7, 11) is 0. The number of Topliss-reactive ketones (excluding diaryl/α,β-unsaturated/α-hetero) is 1. The van der Waals surface area contributed by atoms with E-state index in [4.69, 9.17) is 11.6 Å². The van der Waals surface area contributed by atoms with Crippen LogP contribution in [0.15, 0.2) is 12.1 Å². The lowest BCUT2D eigenvalue weighted by molar-refractivity contribution is -0.119. The molecule has 0 amide bonds. The number of hydrogen-bond donors (Lipinski definition) is 0. The lowest BCUT2D eigenvalue weighted by Gasteiger charge is -2.12. The third kappa shape index (κ3) is 4.44. The normalized spacial score (nSPS) is 17.9. The van der Waals surface area contributed by atoms with Gasteiger partial charge in [-0.2, -0.15) is 0 Å². The summed E-state index contributed by atoms with van der Waals surface area (Å²) in [5, 5.41) is 0. The van der Waals surface area contributed by atoms with Gasteiger partial charge in [-0.15, -0.1) is 11.3 Å². The zero-order valence-electron chi connectivity index (χ0n) is 10.1. The minimum absolute atomic E-state index is 0.385. The molecule has 17 heavy (non-hydrogen) atoms. The van der Waals surface area contributed by atoms with Crippen molar-refractivity contribution in [2.24, 2.45) is 5.92 Å². The van der Waals surface area contributed by atoms with Crippen molar-refractivity contribution in [3.05, 3.63) is 21.3 Å². The Morgan fingerprint density at radius 3 is 2.53 bits per heavy atom. The highest BCUT2D eigenvalue weighted by molar-refractivity contribution is 7.16. The monoisotopic (exact) mass is 270 g/mol. The second kappa shape index (κ2) is 6.55. The van der Waals surface area contributed by atoms with E-state index in [-0.39, 0.29) is 0 Å². The molecule has 0 atom stereocenters. The number of hydrogen-bond acceptors (Lipinski definition) is 2. The number of carbonyl (C=O) groups excluding carboxylic acids is 1. The first-order valence-electron chi connectivity index (χ1n) is 6.50. The van der Waals surface area contributed by atoms with Gasteiger partial charge in [0.25, 0.3) is 0 Å². The predicted octanol–water partition coefficient (Wildman–Crippen LogP) is 4.87. The highest BCUT2D eigenvalue weighted by Gasteiger charge is 2.16. The fourth-order valence-electron chi connectivity index (χ4n) is 2.60. The topological polar surface area (TPSA) is 17.1 Å². The predicted molar refractivity (Wildman–Crippen MR) is 73.8 cm³/mol. The minimum Gasteiger partial charge on any atom is -0.299 e. The summed E-state index contributed by atoms with van der Waals surface area (Å²) in [6, 6.07) is 3.85. The lowest BCUT2D eigenvalue weighted by atomic mass is 9.93. The van der Waals surface area contributed by atoms with Gasteiger partial charge < -0.3 is 0 Å². The molecule has 2 rings (SSSR count). The second-order valence-corrected chi connectivity index (χ2v) is 6.78. The molecule has 0 saturated heterocycles. The van der Waals surface area contributed by atoms with Crippen molar-refractivity contribution in [1.82, 2.24) is 0 Å². The second-order valence-electron chi connectivity index (χ2n) is 4.98. The molecule has 94 valence electrons. The maximum atomic E-state index is 12.0. The third-order valence-electron chi connectivity index (χ3n) is 3.49. The molecule has 1 heterocycles. The molecule has 0 bridgehead atoms. The molecule has 0 spiro atoms.